The molecule has 0 aromatic heterocycles. The van der Waals surface area contributed by atoms with Gasteiger partial charge in [-0.25, -0.2) is 0 Å². The van der Waals surface area contributed by atoms with Gasteiger partial charge in [0, 0.05) is 31.2 Å². The Morgan fingerprint density at radius 2 is 1.74 bits per heavy atom. The third-order valence-electron chi connectivity index (χ3n) is 2.83. The van der Waals surface area contributed by atoms with Gasteiger partial charge in [0.1, 0.15) is 0 Å². The number of nitrogens with zero attached hydrogens (tertiary/aromatic N) is 1. The molecule has 1 fully saturated rings. The van der Waals surface area contributed by atoms with Crippen LogP contribution < -0.4 is 24.3 Å². The Morgan fingerprint density at radius 1 is 1.21 bits per heavy atom. The van der Waals surface area contributed by atoms with E-state index in [-0.39, 0.29) is 23.8 Å². The molecule has 1 saturated heterocycles. The Kier molecular flexibility index (Phi) is 7.33. The molecule has 0 N–H and O–H groups in total. The largest absolute Gasteiger partial charge is 1.00 e. The van der Waals surface area contributed by atoms with Crippen LogP contribution in [-0.2, 0) is 20.4 Å². The van der Waals surface area contributed by atoms with Crippen LogP contribution >= 0.6 is 0 Å². The van der Waals surface area contributed by atoms with Crippen LogP contribution in [0.1, 0.15) is 0 Å². The summed E-state index contributed by atoms with van der Waals surface area (Å²) in [6.45, 7) is 2.91. The number of benzene rings is 1. The van der Waals surface area contributed by atoms with E-state index >= 15 is 0 Å². The van der Waals surface area contributed by atoms with Crippen molar-refractivity contribution in [1.29, 1.82) is 0 Å². The van der Waals surface area contributed by atoms with Crippen LogP contribution in [0.15, 0.2) is 29.2 Å². The molecule has 0 amide bonds. The van der Waals surface area contributed by atoms with Crippen molar-refractivity contribution in [3.63, 3.8) is 0 Å². The van der Waals surface area contributed by atoms with E-state index in [1.807, 2.05) is 7.05 Å². The quantitative estimate of drug-likeness (QED) is 0.416. The molecule has 1 aliphatic rings. The average Bonchev–Trinajstić information content (AvgIpc) is 2.34. The standard InChI is InChI=1S/C11H16BNO4S.Li/c1-13-6-8-16-12(17-9-7-13)10-2-4-11(5-3-10)18(14)15;/h2-5H,6-9H2,1H3,(H,14,15);/q;+1/p-1. The first kappa shape index (κ1) is 16.9. The molecular formula is C11H15BLiNO4S. The van der Waals surface area contributed by atoms with Gasteiger partial charge < -0.3 is 18.8 Å². The third-order valence-corrected chi connectivity index (χ3v) is 3.49. The van der Waals surface area contributed by atoms with Crippen LogP contribution in [0.2, 0.25) is 0 Å². The van der Waals surface area contributed by atoms with E-state index < -0.39 is 18.2 Å². The molecule has 1 atom stereocenters. The minimum absolute atomic E-state index is 0. The molecule has 1 aromatic rings. The first-order valence-corrected chi connectivity index (χ1v) is 6.85. The summed E-state index contributed by atoms with van der Waals surface area (Å²) in [4.78, 5) is 2.41. The SMILES string of the molecule is CN1CCOB(c2ccc(S(=O)[O-])cc2)OCC1.[Li+]. The van der Waals surface area contributed by atoms with Crippen molar-refractivity contribution in [2.45, 2.75) is 4.90 Å². The monoisotopic (exact) mass is 275 g/mol. The molecule has 1 aromatic carbocycles. The van der Waals surface area contributed by atoms with Gasteiger partial charge in [-0.2, -0.15) is 0 Å². The molecule has 19 heavy (non-hydrogen) atoms. The van der Waals surface area contributed by atoms with Crippen LogP contribution in [-0.4, -0.2) is 54.1 Å². The van der Waals surface area contributed by atoms with Gasteiger partial charge in [-0.05, 0) is 35.7 Å². The summed E-state index contributed by atoms with van der Waals surface area (Å²) < 4.78 is 32.8. The van der Waals surface area contributed by atoms with Crippen molar-refractivity contribution < 1.29 is 36.9 Å². The van der Waals surface area contributed by atoms with Gasteiger partial charge in [0.2, 0.25) is 0 Å². The summed E-state index contributed by atoms with van der Waals surface area (Å²) in [5, 5.41) is 0. The molecule has 5 nitrogen and oxygen atoms in total. The van der Waals surface area contributed by atoms with E-state index in [4.69, 9.17) is 9.31 Å². The fraction of sp³-hybridized carbons (Fsp3) is 0.455. The second-order valence-electron chi connectivity index (χ2n) is 4.18. The fourth-order valence-electron chi connectivity index (χ4n) is 1.72. The molecule has 0 saturated carbocycles. The van der Waals surface area contributed by atoms with Gasteiger partial charge in [0.15, 0.2) is 0 Å². The zero-order valence-electron chi connectivity index (χ0n) is 11.2. The summed E-state index contributed by atoms with van der Waals surface area (Å²) in [5.41, 5.74) is 0.841. The summed E-state index contributed by atoms with van der Waals surface area (Å²) in [6, 6.07) is 6.55. The fourth-order valence-corrected chi connectivity index (χ4v) is 2.08. The Bertz CT molecular complexity index is 410. The Balaban J connectivity index is 0.00000180. The maximum Gasteiger partial charge on any atom is 1.00 e. The summed E-state index contributed by atoms with van der Waals surface area (Å²) in [5.74, 6) is 0. The van der Waals surface area contributed by atoms with Gasteiger partial charge in [-0.3, -0.25) is 4.21 Å². The number of hydrogen-bond donors (Lipinski definition) is 0. The third kappa shape index (κ3) is 5.05. The predicted octanol–water partition coefficient (Wildman–Crippen LogP) is -3.40. The van der Waals surface area contributed by atoms with Gasteiger partial charge in [0.05, 0.1) is 0 Å². The first-order chi connectivity index (χ1) is 8.66. The molecular weight excluding hydrogens is 260 g/mol. The number of hydrogen-bond acceptors (Lipinski definition) is 5. The Labute approximate surface area is 128 Å². The van der Waals surface area contributed by atoms with Crippen molar-refractivity contribution >= 4 is 23.7 Å². The maximum atomic E-state index is 10.8. The normalized spacial score (nSPS) is 19.2. The topological polar surface area (TPSA) is 61.8 Å². The maximum absolute atomic E-state index is 10.8. The predicted molar refractivity (Wildman–Crippen MR) is 68.4 cm³/mol. The van der Waals surface area contributed by atoms with Crippen LogP contribution in [0.3, 0.4) is 0 Å². The molecule has 1 unspecified atom stereocenters. The summed E-state index contributed by atoms with van der Waals surface area (Å²) >= 11 is -2.19. The molecule has 0 bridgehead atoms. The van der Waals surface area contributed by atoms with Crippen molar-refractivity contribution in [3.8, 4) is 0 Å². The van der Waals surface area contributed by atoms with Gasteiger partial charge in [-0.15, -0.1) is 0 Å². The molecule has 0 aliphatic carbocycles. The van der Waals surface area contributed by atoms with Gasteiger partial charge in [0.25, 0.3) is 0 Å². The summed E-state index contributed by atoms with van der Waals surface area (Å²) in [6.07, 6.45) is 0. The van der Waals surface area contributed by atoms with Crippen LogP contribution in [0, 0.1) is 0 Å². The van der Waals surface area contributed by atoms with E-state index in [2.05, 4.69) is 4.90 Å². The van der Waals surface area contributed by atoms with E-state index in [1.165, 1.54) is 0 Å². The van der Waals surface area contributed by atoms with Gasteiger partial charge >= 0.3 is 26.0 Å². The van der Waals surface area contributed by atoms with Gasteiger partial charge in [-0.1, -0.05) is 12.1 Å². The second-order valence-corrected chi connectivity index (χ2v) is 5.12. The van der Waals surface area contributed by atoms with E-state index in [0.717, 1.165) is 18.6 Å². The second kappa shape index (κ2) is 8.22. The minimum atomic E-state index is -2.19. The minimum Gasteiger partial charge on any atom is -0.768 e. The zero-order valence-corrected chi connectivity index (χ0v) is 12.0. The first-order valence-electron chi connectivity index (χ1n) is 5.78. The molecule has 0 spiro atoms. The van der Waals surface area contributed by atoms with E-state index in [9.17, 15) is 8.76 Å². The smallest absolute Gasteiger partial charge is 0.768 e. The van der Waals surface area contributed by atoms with Crippen molar-refractivity contribution in [1.82, 2.24) is 4.90 Å². The molecule has 8 heteroatoms. The molecule has 0 radical (unpaired) electrons. The van der Waals surface area contributed by atoms with Crippen LogP contribution in [0.25, 0.3) is 0 Å². The van der Waals surface area contributed by atoms with Crippen LogP contribution in [0.5, 0.6) is 0 Å². The molecule has 1 aliphatic heterocycles. The van der Waals surface area contributed by atoms with Crippen molar-refractivity contribution in [2.24, 2.45) is 0 Å². The average molecular weight is 275 g/mol. The van der Waals surface area contributed by atoms with Crippen LogP contribution in [0.4, 0.5) is 0 Å². The Hall–Kier alpha value is -0.128. The molecule has 98 valence electrons. The molecule has 2 rings (SSSR count). The van der Waals surface area contributed by atoms with E-state index in [1.54, 1.807) is 24.3 Å². The van der Waals surface area contributed by atoms with E-state index in [0.29, 0.717) is 13.2 Å². The number of likely N-dealkylation sites (N-methyl/N-ethyl adjacent to an activating group) is 1. The number of rotatable bonds is 2. The van der Waals surface area contributed by atoms with Crippen molar-refractivity contribution in [2.75, 3.05) is 33.4 Å². The zero-order chi connectivity index (χ0) is 13.0. The molecule has 1 heterocycles. The Morgan fingerprint density at radius 3 is 2.21 bits per heavy atom. The summed E-state index contributed by atoms with van der Waals surface area (Å²) in [7, 11) is 1.61. The van der Waals surface area contributed by atoms with Crippen molar-refractivity contribution in [3.05, 3.63) is 24.3 Å².